The standard InChI is InChI=1S/C21H15F3O2/c1-3-12-5-7-13(8-6-12)18(22)20(24)16-10-9-14-11-15(4-2)26-21(25)17(14)19(16)23/h3,5-11H,1,4H2,2H3/b20-18+. The van der Waals surface area contributed by atoms with Gasteiger partial charge in [-0.1, -0.05) is 49.9 Å². The summed E-state index contributed by atoms with van der Waals surface area (Å²) in [5.74, 6) is -3.35. The summed E-state index contributed by atoms with van der Waals surface area (Å²) in [7, 11) is 0. The van der Waals surface area contributed by atoms with Gasteiger partial charge < -0.3 is 4.42 Å². The number of rotatable bonds is 4. The molecule has 1 heterocycles. The topological polar surface area (TPSA) is 30.2 Å². The van der Waals surface area contributed by atoms with Gasteiger partial charge in [-0.25, -0.2) is 18.0 Å². The van der Waals surface area contributed by atoms with Crippen molar-refractivity contribution in [3.63, 3.8) is 0 Å². The molecule has 1 aromatic heterocycles. The molecule has 0 saturated carbocycles. The zero-order chi connectivity index (χ0) is 18.8. The highest BCUT2D eigenvalue weighted by atomic mass is 19.2. The van der Waals surface area contributed by atoms with Gasteiger partial charge in [-0.05, 0) is 23.1 Å². The van der Waals surface area contributed by atoms with Crippen LogP contribution >= 0.6 is 0 Å². The van der Waals surface area contributed by atoms with Gasteiger partial charge in [-0.3, -0.25) is 0 Å². The Balaban J connectivity index is 2.17. The van der Waals surface area contributed by atoms with Gasteiger partial charge in [0, 0.05) is 12.0 Å². The average molecular weight is 356 g/mol. The highest BCUT2D eigenvalue weighted by Crippen LogP contribution is 2.32. The third-order valence-electron chi connectivity index (χ3n) is 4.10. The van der Waals surface area contributed by atoms with E-state index in [4.69, 9.17) is 4.42 Å². The molecule has 132 valence electrons. The van der Waals surface area contributed by atoms with Crippen molar-refractivity contribution < 1.29 is 17.6 Å². The van der Waals surface area contributed by atoms with Gasteiger partial charge in [-0.15, -0.1) is 0 Å². The monoisotopic (exact) mass is 356 g/mol. The summed E-state index contributed by atoms with van der Waals surface area (Å²) in [6.45, 7) is 5.36. The fraction of sp³-hybridized carbons (Fsp3) is 0.0952. The van der Waals surface area contributed by atoms with Crippen molar-refractivity contribution in [1.82, 2.24) is 0 Å². The van der Waals surface area contributed by atoms with E-state index >= 15 is 0 Å². The van der Waals surface area contributed by atoms with Gasteiger partial charge in [0.25, 0.3) is 0 Å². The summed E-state index contributed by atoms with van der Waals surface area (Å²) in [6, 6.07) is 9.86. The van der Waals surface area contributed by atoms with E-state index < -0.39 is 34.0 Å². The summed E-state index contributed by atoms with van der Waals surface area (Å²) in [4.78, 5) is 12.0. The molecule has 0 aliphatic heterocycles. The van der Waals surface area contributed by atoms with Crippen LogP contribution in [0.2, 0.25) is 0 Å². The molecule has 0 aliphatic rings. The Kier molecular flexibility index (Phi) is 4.80. The lowest BCUT2D eigenvalue weighted by Crippen LogP contribution is -2.05. The fourth-order valence-electron chi connectivity index (χ4n) is 2.65. The molecule has 0 saturated heterocycles. The number of hydrogen-bond donors (Lipinski definition) is 0. The third kappa shape index (κ3) is 3.08. The van der Waals surface area contributed by atoms with Gasteiger partial charge in [0.1, 0.15) is 17.0 Å². The molecular formula is C21H15F3O2. The maximum Gasteiger partial charge on any atom is 0.346 e. The zero-order valence-electron chi connectivity index (χ0n) is 14.0. The van der Waals surface area contributed by atoms with Crippen molar-refractivity contribution in [3.05, 3.63) is 87.7 Å². The quantitative estimate of drug-likeness (QED) is 0.545. The molecule has 5 heteroatoms. The Hall–Kier alpha value is -3.08. The molecule has 0 spiro atoms. The van der Waals surface area contributed by atoms with Crippen LogP contribution in [0.4, 0.5) is 13.2 Å². The number of hydrogen-bond acceptors (Lipinski definition) is 2. The second-order valence-corrected chi connectivity index (χ2v) is 5.70. The summed E-state index contributed by atoms with van der Waals surface area (Å²) in [5.41, 5.74) is -0.842. The highest BCUT2D eigenvalue weighted by molar-refractivity contribution is 5.90. The second kappa shape index (κ2) is 7.04. The highest BCUT2D eigenvalue weighted by Gasteiger charge is 2.19. The summed E-state index contributed by atoms with van der Waals surface area (Å²) in [5, 5.41) is -0.118. The molecule has 0 radical (unpaired) electrons. The number of fused-ring (bicyclic) bond motifs is 1. The Morgan fingerprint density at radius 3 is 2.42 bits per heavy atom. The van der Waals surface area contributed by atoms with Crippen LogP contribution in [-0.2, 0) is 6.42 Å². The Bertz CT molecular complexity index is 1080. The molecule has 3 rings (SSSR count). The lowest BCUT2D eigenvalue weighted by atomic mass is 10.0. The number of aryl methyl sites for hydroxylation is 1. The molecule has 0 amide bonds. The Morgan fingerprint density at radius 2 is 1.81 bits per heavy atom. The number of benzene rings is 2. The first kappa shape index (κ1) is 17.7. The largest absolute Gasteiger partial charge is 0.427 e. The van der Waals surface area contributed by atoms with Gasteiger partial charge >= 0.3 is 5.63 Å². The van der Waals surface area contributed by atoms with Gasteiger partial charge in [0.15, 0.2) is 11.7 Å². The molecule has 0 bridgehead atoms. The molecule has 0 unspecified atom stereocenters. The molecule has 0 fully saturated rings. The van der Waals surface area contributed by atoms with Crippen molar-refractivity contribution in [2.75, 3.05) is 0 Å². The Morgan fingerprint density at radius 1 is 1.12 bits per heavy atom. The predicted octanol–water partition coefficient (Wildman–Crippen LogP) is 5.90. The molecule has 26 heavy (non-hydrogen) atoms. The summed E-state index contributed by atoms with van der Waals surface area (Å²) < 4.78 is 48.7. The minimum Gasteiger partial charge on any atom is -0.427 e. The van der Waals surface area contributed by atoms with Crippen LogP contribution in [0.25, 0.3) is 28.5 Å². The van der Waals surface area contributed by atoms with Crippen molar-refractivity contribution in [3.8, 4) is 0 Å². The van der Waals surface area contributed by atoms with Crippen molar-refractivity contribution in [2.45, 2.75) is 13.3 Å². The fourth-order valence-corrected chi connectivity index (χ4v) is 2.65. The van der Waals surface area contributed by atoms with Crippen LogP contribution in [0.5, 0.6) is 0 Å². The maximum atomic E-state index is 14.7. The first-order chi connectivity index (χ1) is 12.5. The zero-order valence-corrected chi connectivity index (χ0v) is 14.0. The van der Waals surface area contributed by atoms with E-state index in [2.05, 4.69) is 6.58 Å². The van der Waals surface area contributed by atoms with E-state index in [0.717, 1.165) is 11.6 Å². The van der Waals surface area contributed by atoms with E-state index in [9.17, 15) is 18.0 Å². The minimum absolute atomic E-state index is 0.0408. The summed E-state index contributed by atoms with van der Waals surface area (Å²) >= 11 is 0. The average Bonchev–Trinajstić information content (AvgIpc) is 2.66. The first-order valence-corrected chi connectivity index (χ1v) is 8.00. The molecule has 0 atom stereocenters. The van der Waals surface area contributed by atoms with E-state index in [1.54, 1.807) is 25.1 Å². The van der Waals surface area contributed by atoms with Gasteiger partial charge in [0.05, 0.1) is 5.56 Å². The van der Waals surface area contributed by atoms with Gasteiger partial charge in [0.2, 0.25) is 0 Å². The molecule has 0 N–H and O–H groups in total. The lowest BCUT2D eigenvalue weighted by molar-refractivity contribution is 0.469. The van der Waals surface area contributed by atoms with Crippen molar-refractivity contribution in [1.29, 1.82) is 0 Å². The van der Waals surface area contributed by atoms with Crippen LogP contribution in [0.1, 0.15) is 29.4 Å². The smallest absolute Gasteiger partial charge is 0.346 e. The normalized spacial score (nSPS) is 12.2. The third-order valence-corrected chi connectivity index (χ3v) is 4.10. The van der Waals surface area contributed by atoms with Gasteiger partial charge in [-0.2, -0.15) is 0 Å². The van der Waals surface area contributed by atoms with Crippen LogP contribution in [0.15, 0.2) is 58.3 Å². The molecule has 2 nitrogen and oxygen atoms in total. The van der Waals surface area contributed by atoms with Crippen LogP contribution in [-0.4, -0.2) is 0 Å². The Labute approximate surface area is 147 Å². The molecule has 3 aromatic rings. The van der Waals surface area contributed by atoms with E-state index in [1.165, 1.54) is 24.3 Å². The predicted molar refractivity (Wildman–Crippen MR) is 97.4 cm³/mol. The lowest BCUT2D eigenvalue weighted by Gasteiger charge is -2.07. The van der Waals surface area contributed by atoms with Crippen LogP contribution in [0, 0.1) is 5.82 Å². The molecule has 2 aromatic carbocycles. The van der Waals surface area contributed by atoms with Crippen LogP contribution in [0.3, 0.4) is 0 Å². The van der Waals surface area contributed by atoms with Crippen molar-refractivity contribution >= 4 is 28.5 Å². The van der Waals surface area contributed by atoms with E-state index in [-0.39, 0.29) is 10.9 Å². The minimum atomic E-state index is -1.38. The van der Waals surface area contributed by atoms with E-state index in [0.29, 0.717) is 12.2 Å². The van der Waals surface area contributed by atoms with E-state index in [1.807, 2.05) is 0 Å². The van der Waals surface area contributed by atoms with Crippen LogP contribution < -0.4 is 5.63 Å². The molecule has 0 aliphatic carbocycles. The SMILES string of the molecule is C=Cc1ccc(/C(F)=C(\F)c2ccc3cc(CC)oc(=O)c3c2F)cc1. The second-order valence-electron chi connectivity index (χ2n) is 5.70. The summed E-state index contributed by atoms with van der Waals surface area (Å²) in [6.07, 6.45) is 2.02. The van der Waals surface area contributed by atoms with Crippen molar-refractivity contribution in [2.24, 2.45) is 0 Å². The number of halogens is 3. The first-order valence-electron chi connectivity index (χ1n) is 8.00. The maximum absolute atomic E-state index is 14.7. The molecular weight excluding hydrogens is 341 g/mol.